The average Bonchev–Trinajstić information content (AvgIpc) is 2.82. The van der Waals surface area contributed by atoms with Crippen LogP contribution in [0.25, 0.3) is 0 Å². The Bertz CT molecular complexity index is 269. The van der Waals surface area contributed by atoms with Crippen molar-refractivity contribution in [1.82, 2.24) is 14.9 Å². The van der Waals surface area contributed by atoms with Gasteiger partial charge in [0.1, 0.15) is 0 Å². The van der Waals surface area contributed by atoms with Gasteiger partial charge in [-0.15, -0.1) is 0 Å². The van der Waals surface area contributed by atoms with E-state index in [2.05, 4.69) is 35.6 Å². The Hall–Kier alpha value is -0.830. The van der Waals surface area contributed by atoms with Gasteiger partial charge in [0.2, 0.25) is 0 Å². The summed E-state index contributed by atoms with van der Waals surface area (Å²) in [6.07, 6.45) is 11.0. The highest BCUT2D eigenvalue weighted by Gasteiger charge is 2.08. The van der Waals surface area contributed by atoms with E-state index in [-0.39, 0.29) is 0 Å². The minimum atomic E-state index is 0.514. The van der Waals surface area contributed by atoms with E-state index in [0.717, 1.165) is 19.0 Å². The number of hydrogen-bond acceptors (Lipinski definition) is 2. The molecule has 0 aliphatic rings. The van der Waals surface area contributed by atoms with Crippen molar-refractivity contribution < 1.29 is 0 Å². The van der Waals surface area contributed by atoms with E-state index < -0.39 is 0 Å². The zero-order valence-electron chi connectivity index (χ0n) is 11.5. The molecule has 1 N–H and O–H groups in total. The zero-order valence-corrected chi connectivity index (χ0v) is 11.5. The molecule has 98 valence electrons. The van der Waals surface area contributed by atoms with Gasteiger partial charge >= 0.3 is 0 Å². The van der Waals surface area contributed by atoms with Crippen molar-refractivity contribution in [2.24, 2.45) is 5.92 Å². The average molecular weight is 237 g/mol. The molecule has 3 heteroatoms. The van der Waals surface area contributed by atoms with Crippen molar-refractivity contribution in [3.8, 4) is 0 Å². The molecule has 0 radical (unpaired) electrons. The molecule has 0 amide bonds. The van der Waals surface area contributed by atoms with Crippen LogP contribution in [0.3, 0.4) is 0 Å². The molecule has 1 aromatic rings. The van der Waals surface area contributed by atoms with Gasteiger partial charge < -0.3 is 9.88 Å². The Kier molecular flexibility index (Phi) is 6.94. The maximum absolute atomic E-state index is 4.06. The summed E-state index contributed by atoms with van der Waals surface area (Å²) in [6, 6.07) is 0.514. The van der Waals surface area contributed by atoms with Gasteiger partial charge in [-0.3, -0.25) is 0 Å². The van der Waals surface area contributed by atoms with E-state index >= 15 is 0 Å². The number of imidazole rings is 1. The van der Waals surface area contributed by atoms with Crippen LogP contribution in [-0.4, -0.2) is 22.1 Å². The summed E-state index contributed by atoms with van der Waals surface area (Å²) in [5, 5.41) is 3.63. The number of aromatic nitrogens is 2. The van der Waals surface area contributed by atoms with Gasteiger partial charge in [0.05, 0.1) is 6.33 Å². The SMILES string of the molecule is CCCCC(CC)CNC(C)Cn1ccnc1. The molecule has 0 saturated carbocycles. The van der Waals surface area contributed by atoms with Gasteiger partial charge in [0.15, 0.2) is 0 Å². The first-order valence-electron chi connectivity index (χ1n) is 6.95. The number of nitrogens with zero attached hydrogens (tertiary/aromatic N) is 2. The normalized spacial score (nSPS) is 14.8. The third kappa shape index (κ3) is 5.87. The van der Waals surface area contributed by atoms with Crippen molar-refractivity contribution in [2.45, 2.75) is 59.0 Å². The minimum Gasteiger partial charge on any atom is -0.336 e. The van der Waals surface area contributed by atoms with Crippen molar-refractivity contribution in [1.29, 1.82) is 0 Å². The first-order valence-corrected chi connectivity index (χ1v) is 6.95. The zero-order chi connectivity index (χ0) is 12.5. The van der Waals surface area contributed by atoms with E-state index in [1.54, 1.807) is 0 Å². The lowest BCUT2D eigenvalue weighted by Gasteiger charge is -2.19. The second-order valence-electron chi connectivity index (χ2n) is 4.99. The maximum Gasteiger partial charge on any atom is 0.0946 e. The number of nitrogens with one attached hydrogen (secondary N) is 1. The van der Waals surface area contributed by atoms with E-state index in [9.17, 15) is 0 Å². The maximum atomic E-state index is 4.06. The molecule has 1 aromatic heterocycles. The van der Waals surface area contributed by atoms with Crippen LogP contribution in [0.2, 0.25) is 0 Å². The van der Waals surface area contributed by atoms with Gasteiger partial charge in [-0.2, -0.15) is 0 Å². The predicted molar refractivity (Wildman–Crippen MR) is 73.0 cm³/mol. The van der Waals surface area contributed by atoms with Crippen LogP contribution in [0.4, 0.5) is 0 Å². The van der Waals surface area contributed by atoms with Crippen molar-refractivity contribution in [3.63, 3.8) is 0 Å². The molecule has 1 heterocycles. The van der Waals surface area contributed by atoms with Crippen LogP contribution in [0, 0.1) is 5.92 Å². The molecular weight excluding hydrogens is 210 g/mol. The van der Waals surface area contributed by atoms with Crippen molar-refractivity contribution >= 4 is 0 Å². The lowest BCUT2D eigenvalue weighted by molar-refractivity contribution is 0.378. The lowest BCUT2D eigenvalue weighted by Crippen LogP contribution is -2.34. The quantitative estimate of drug-likeness (QED) is 0.715. The van der Waals surface area contributed by atoms with Crippen molar-refractivity contribution in [3.05, 3.63) is 18.7 Å². The highest BCUT2D eigenvalue weighted by atomic mass is 15.1. The van der Waals surface area contributed by atoms with Crippen LogP contribution in [-0.2, 0) is 6.54 Å². The standard InChI is InChI=1S/C14H27N3/c1-4-6-7-14(5-2)10-16-13(3)11-17-9-8-15-12-17/h8-9,12-14,16H,4-7,10-11H2,1-3H3. The first kappa shape index (κ1) is 14.2. The van der Waals surface area contributed by atoms with Crippen LogP contribution in [0.15, 0.2) is 18.7 Å². The van der Waals surface area contributed by atoms with Crippen LogP contribution in [0.5, 0.6) is 0 Å². The first-order chi connectivity index (χ1) is 8.26. The minimum absolute atomic E-state index is 0.514. The fourth-order valence-electron chi connectivity index (χ4n) is 2.09. The van der Waals surface area contributed by atoms with Gasteiger partial charge in [-0.05, 0) is 25.8 Å². The summed E-state index contributed by atoms with van der Waals surface area (Å²) < 4.78 is 2.13. The van der Waals surface area contributed by atoms with Gasteiger partial charge in [-0.25, -0.2) is 4.98 Å². The molecular formula is C14H27N3. The highest BCUT2D eigenvalue weighted by molar-refractivity contribution is 4.77. The number of unbranched alkanes of at least 4 members (excludes halogenated alkanes) is 1. The Morgan fingerprint density at radius 1 is 1.35 bits per heavy atom. The molecule has 0 aliphatic carbocycles. The molecule has 0 spiro atoms. The van der Waals surface area contributed by atoms with E-state index in [1.165, 1.54) is 25.7 Å². The van der Waals surface area contributed by atoms with E-state index in [0.29, 0.717) is 6.04 Å². The second-order valence-corrected chi connectivity index (χ2v) is 4.99. The fourth-order valence-corrected chi connectivity index (χ4v) is 2.09. The molecule has 0 fully saturated rings. The monoisotopic (exact) mass is 237 g/mol. The molecule has 17 heavy (non-hydrogen) atoms. The number of rotatable bonds is 9. The summed E-state index contributed by atoms with van der Waals surface area (Å²) in [5.41, 5.74) is 0. The van der Waals surface area contributed by atoms with Gasteiger partial charge in [-0.1, -0.05) is 33.1 Å². The Morgan fingerprint density at radius 3 is 2.76 bits per heavy atom. The van der Waals surface area contributed by atoms with Crippen LogP contribution in [0.1, 0.15) is 46.5 Å². The van der Waals surface area contributed by atoms with E-state index in [1.807, 2.05) is 18.7 Å². The molecule has 0 saturated heterocycles. The molecule has 0 bridgehead atoms. The van der Waals surface area contributed by atoms with Crippen molar-refractivity contribution in [2.75, 3.05) is 6.54 Å². The third-order valence-corrected chi connectivity index (χ3v) is 3.34. The smallest absolute Gasteiger partial charge is 0.0946 e. The molecule has 2 atom stereocenters. The topological polar surface area (TPSA) is 29.9 Å². The summed E-state index contributed by atoms with van der Waals surface area (Å²) in [6.45, 7) is 8.95. The van der Waals surface area contributed by atoms with Gasteiger partial charge in [0.25, 0.3) is 0 Å². The number of hydrogen-bond donors (Lipinski definition) is 1. The Morgan fingerprint density at radius 2 is 2.18 bits per heavy atom. The molecule has 2 unspecified atom stereocenters. The lowest BCUT2D eigenvalue weighted by atomic mass is 9.99. The largest absolute Gasteiger partial charge is 0.336 e. The van der Waals surface area contributed by atoms with Crippen LogP contribution < -0.4 is 5.32 Å². The highest BCUT2D eigenvalue weighted by Crippen LogP contribution is 2.11. The summed E-state index contributed by atoms with van der Waals surface area (Å²) in [5.74, 6) is 0.834. The third-order valence-electron chi connectivity index (χ3n) is 3.34. The molecule has 3 nitrogen and oxygen atoms in total. The summed E-state index contributed by atoms with van der Waals surface area (Å²) in [4.78, 5) is 4.06. The summed E-state index contributed by atoms with van der Waals surface area (Å²) in [7, 11) is 0. The fraction of sp³-hybridized carbons (Fsp3) is 0.786. The predicted octanol–water partition coefficient (Wildman–Crippen LogP) is 3.08. The van der Waals surface area contributed by atoms with Gasteiger partial charge in [0, 0.05) is 25.0 Å². The summed E-state index contributed by atoms with van der Waals surface area (Å²) >= 11 is 0. The molecule has 0 aromatic carbocycles. The van der Waals surface area contributed by atoms with Crippen LogP contribution >= 0.6 is 0 Å². The molecule has 0 aliphatic heterocycles. The molecule has 1 rings (SSSR count). The Balaban J connectivity index is 2.19. The Labute approximate surface area is 106 Å². The van der Waals surface area contributed by atoms with E-state index in [4.69, 9.17) is 0 Å². The second kappa shape index (κ2) is 8.29.